The van der Waals surface area contributed by atoms with Gasteiger partial charge in [-0.15, -0.1) is 0 Å². The largest absolute Gasteiger partial charge is 0.483 e. The maximum Gasteiger partial charge on any atom is 0.317 e. The molecule has 0 bridgehead atoms. The molecule has 0 aliphatic heterocycles. The Hall–Kier alpha value is -3.74. The number of nitro benzene ring substituents is 2. The highest BCUT2D eigenvalue weighted by atomic mass is 16.6. The number of nitro groups is 2. The van der Waals surface area contributed by atoms with E-state index in [0.29, 0.717) is 5.92 Å². The van der Waals surface area contributed by atoms with E-state index in [2.05, 4.69) is 62.4 Å². The lowest BCUT2D eigenvalue weighted by molar-refractivity contribution is -0.395. The summed E-state index contributed by atoms with van der Waals surface area (Å²) in [6, 6.07) is 24.8. The first kappa shape index (κ1) is 20.8. The second-order valence-electron chi connectivity index (χ2n) is 10.2. The van der Waals surface area contributed by atoms with Gasteiger partial charge in [0.25, 0.3) is 5.69 Å². The van der Waals surface area contributed by atoms with Crippen LogP contribution in [0.15, 0.2) is 78.9 Å². The zero-order valence-electron chi connectivity index (χ0n) is 18.9. The zero-order valence-corrected chi connectivity index (χ0v) is 18.9. The zero-order chi connectivity index (χ0) is 23.9. The lowest BCUT2D eigenvalue weighted by Crippen LogP contribution is -2.66. The topological polar surface area (TPSA) is 95.5 Å². The van der Waals surface area contributed by atoms with Crippen LogP contribution in [0.25, 0.3) is 0 Å². The Morgan fingerprint density at radius 3 is 1.97 bits per heavy atom. The molecular weight excluding hydrogens is 432 g/mol. The number of benzene rings is 3. The number of rotatable bonds is 6. The molecule has 0 saturated heterocycles. The summed E-state index contributed by atoms with van der Waals surface area (Å²) in [4.78, 5) is 21.5. The van der Waals surface area contributed by atoms with Crippen molar-refractivity contribution in [2.45, 2.75) is 37.2 Å². The number of nitrogens with zero attached hydrogens (tertiary/aromatic N) is 2. The van der Waals surface area contributed by atoms with E-state index >= 15 is 0 Å². The molecule has 3 fully saturated rings. The van der Waals surface area contributed by atoms with Crippen LogP contribution in [0.2, 0.25) is 0 Å². The van der Waals surface area contributed by atoms with Gasteiger partial charge < -0.3 is 4.74 Å². The van der Waals surface area contributed by atoms with Crippen LogP contribution in [0.1, 0.15) is 31.4 Å². The molecule has 7 nitrogen and oxygen atoms in total. The molecule has 0 unspecified atom stereocenters. The summed E-state index contributed by atoms with van der Waals surface area (Å²) in [5.74, 6) is 0.713. The van der Waals surface area contributed by atoms with Crippen molar-refractivity contribution in [3.63, 3.8) is 0 Å². The maximum absolute atomic E-state index is 11.6. The van der Waals surface area contributed by atoms with Crippen LogP contribution in [0.3, 0.4) is 0 Å². The van der Waals surface area contributed by atoms with Crippen molar-refractivity contribution in [1.82, 2.24) is 0 Å². The van der Waals surface area contributed by atoms with Crippen molar-refractivity contribution in [2.75, 3.05) is 0 Å². The third kappa shape index (κ3) is 2.18. The van der Waals surface area contributed by atoms with Crippen molar-refractivity contribution in [3.8, 4) is 5.75 Å². The molecule has 3 saturated carbocycles. The van der Waals surface area contributed by atoms with Gasteiger partial charge in [-0.3, -0.25) is 20.2 Å². The van der Waals surface area contributed by atoms with E-state index in [1.54, 1.807) is 0 Å². The van der Waals surface area contributed by atoms with Gasteiger partial charge >= 0.3 is 5.69 Å². The summed E-state index contributed by atoms with van der Waals surface area (Å²) in [5, 5.41) is 22.8. The molecule has 3 aliphatic rings. The van der Waals surface area contributed by atoms with E-state index in [1.807, 2.05) is 12.1 Å². The normalized spacial score (nSPS) is 31.8. The molecule has 0 heterocycles. The highest BCUT2D eigenvalue weighted by Crippen LogP contribution is 2.96. The monoisotopic (exact) mass is 456 g/mol. The van der Waals surface area contributed by atoms with Gasteiger partial charge in [0.05, 0.1) is 15.9 Å². The summed E-state index contributed by atoms with van der Waals surface area (Å²) in [7, 11) is 0. The molecule has 7 heteroatoms. The minimum atomic E-state index is -0.632. The van der Waals surface area contributed by atoms with E-state index < -0.39 is 9.85 Å². The van der Waals surface area contributed by atoms with Crippen LogP contribution in [0.4, 0.5) is 11.4 Å². The fourth-order valence-corrected chi connectivity index (χ4v) is 8.05. The molecule has 172 valence electrons. The van der Waals surface area contributed by atoms with Crippen LogP contribution >= 0.6 is 0 Å². The highest BCUT2D eigenvalue weighted by molar-refractivity contribution is 5.66. The number of fused-ring (bicyclic) bond motifs is 4. The Morgan fingerprint density at radius 2 is 1.41 bits per heavy atom. The van der Waals surface area contributed by atoms with Crippen LogP contribution < -0.4 is 4.74 Å². The lowest BCUT2D eigenvalue weighted by Gasteiger charge is -2.62. The SMILES string of the molecule is CC1(C)[C@]2(c3ccccc3)[C@H]3[C@@H](Oc4ccc([N+](=O)[O-])cc4[N+](=O)[O-])C[C@H]3[C@@]12c1ccccc1. The fraction of sp³-hybridized carbons (Fsp3) is 0.333. The molecule has 0 N–H and O–H groups in total. The molecule has 0 spiro atoms. The lowest BCUT2D eigenvalue weighted by atomic mass is 9.43. The van der Waals surface area contributed by atoms with E-state index in [-0.39, 0.29) is 45.4 Å². The molecule has 3 aliphatic carbocycles. The summed E-state index contributed by atoms with van der Waals surface area (Å²) in [6.07, 6.45) is 0.607. The van der Waals surface area contributed by atoms with E-state index in [4.69, 9.17) is 4.74 Å². The Balaban J connectivity index is 1.41. The van der Waals surface area contributed by atoms with Crippen molar-refractivity contribution >= 4 is 11.4 Å². The van der Waals surface area contributed by atoms with Gasteiger partial charge in [0.15, 0.2) is 5.75 Å². The molecule has 0 radical (unpaired) electrons. The minimum Gasteiger partial charge on any atom is -0.483 e. The summed E-state index contributed by atoms with van der Waals surface area (Å²) < 4.78 is 6.26. The Kier molecular flexibility index (Phi) is 4.08. The van der Waals surface area contributed by atoms with Crippen molar-refractivity contribution in [3.05, 3.63) is 110 Å². The van der Waals surface area contributed by atoms with Crippen LogP contribution in [0.5, 0.6) is 5.75 Å². The molecule has 3 aromatic rings. The molecule has 6 rings (SSSR count). The average molecular weight is 456 g/mol. The molecule has 0 amide bonds. The van der Waals surface area contributed by atoms with Crippen LogP contribution in [-0.4, -0.2) is 16.0 Å². The highest BCUT2D eigenvalue weighted by Gasteiger charge is 2.99. The van der Waals surface area contributed by atoms with Gasteiger partial charge in [-0.1, -0.05) is 74.5 Å². The first-order valence-corrected chi connectivity index (χ1v) is 11.5. The molecular formula is C27H24N2O5. The summed E-state index contributed by atoms with van der Waals surface area (Å²) in [5.41, 5.74) is 1.77. The predicted octanol–water partition coefficient (Wildman–Crippen LogP) is 5.82. The number of non-ortho nitro benzene ring substituents is 1. The van der Waals surface area contributed by atoms with Crippen molar-refractivity contribution in [2.24, 2.45) is 17.3 Å². The minimum absolute atomic E-state index is 0.00541. The second-order valence-corrected chi connectivity index (χ2v) is 10.2. The van der Waals surface area contributed by atoms with Crippen molar-refractivity contribution in [1.29, 1.82) is 0 Å². The molecule has 3 aromatic carbocycles. The van der Waals surface area contributed by atoms with E-state index in [0.717, 1.165) is 12.5 Å². The predicted molar refractivity (Wildman–Crippen MR) is 126 cm³/mol. The molecule has 34 heavy (non-hydrogen) atoms. The molecule has 5 atom stereocenters. The van der Waals surface area contributed by atoms with Gasteiger partial charge in [-0.2, -0.15) is 0 Å². The first-order chi connectivity index (χ1) is 16.3. The van der Waals surface area contributed by atoms with Gasteiger partial charge in [0, 0.05) is 22.8 Å². The molecule has 0 aromatic heterocycles. The van der Waals surface area contributed by atoms with Crippen LogP contribution in [-0.2, 0) is 10.8 Å². The maximum atomic E-state index is 11.6. The quantitative estimate of drug-likeness (QED) is 0.344. The first-order valence-electron chi connectivity index (χ1n) is 11.5. The fourth-order valence-electron chi connectivity index (χ4n) is 8.05. The van der Waals surface area contributed by atoms with Gasteiger partial charge in [-0.25, -0.2) is 0 Å². The third-order valence-electron chi connectivity index (χ3n) is 8.99. The smallest absolute Gasteiger partial charge is 0.317 e. The van der Waals surface area contributed by atoms with Gasteiger partial charge in [-0.05, 0) is 34.9 Å². The third-order valence-corrected chi connectivity index (χ3v) is 8.99. The second kappa shape index (κ2) is 6.65. The summed E-state index contributed by atoms with van der Waals surface area (Å²) in [6.45, 7) is 4.66. The summed E-state index contributed by atoms with van der Waals surface area (Å²) >= 11 is 0. The Bertz CT molecular complexity index is 1330. The number of hydrogen-bond donors (Lipinski definition) is 0. The van der Waals surface area contributed by atoms with E-state index in [9.17, 15) is 20.2 Å². The van der Waals surface area contributed by atoms with Crippen LogP contribution in [0, 0.1) is 37.5 Å². The number of ether oxygens (including phenoxy) is 1. The van der Waals surface area contributed by atoms with Crippen molar-refractivity contribution < 1.29 is 14.6 Å². The van der Waals surface area contributed by atoms with Gasteiger partial charge in [0.1, 0.15) is 6.10 Å². The Morgan fingerprint density at radius 1 is 0.824 bits per heavy atom. The van der Waals surface area contributed by atoms with E-state index in [1.165, 1.54) is 23.3 Å². The standard InChI is InChI=1S/C27H24N2O5/c1-25(2)26(17-9-5-3-6-10-17)20-16-23(24(20)27(25,26)18-11-7-4-8-12-18)34-22-14-13-19(28(30)31)15-21(22)29(32)33/h3-15,20,23-24H,16H2,1-2H3/t20-,23+,24-,26+,27+/m1/s1. The average Bonchev–Trinajstić information content (AvgIpc) is 3.21. The van der Waals surface area contributed by atoms with Gasteiger partial charge in [0.2, 0.25) is 0 Å². The number of hydrogen-bond acceptors (Lipinski definition) is 5. The Labute approximate surface area is 196 Å².